The lowest BCUT2D eigenvalue weighted by molar-refractivity contribution is -0.116. The van der Waals surface area contributed by atoms with E-state index in [4.69, 9.17) is 5.73 Å². The molecule has 3 N–H and O–H groups in total. The number of primary amides is 1. The number of halogens is 3. The van der Waals surface area contributed by atoms with Gasteiger partial charge < -0.3 is 11.1 Å². The third kappa shape index (κ3) is 2.32. The fraction of sp³-hybridized carbons (Fsp3) is 0.400. The molecule has 0 saturated carbocycles. The Morgan fingerprint density at radius 2 is 2.24 bits per heavy atom. The standard InChI is InChI=1S/C10H10F3N3O/c11-10(12,13)5-2-1-3-6-9(5)16-8(15-6)4-7(14)17/h1-3,6,9H,4H2,(H2,14,17)(H,15,16). The van der Waals surface area contributed by atoms with Gasteiger partial charge in [0.25, 0.3) is 0 Å². The first-order chi connectivity index (χ1) is 7.88. The van der Waals surface area contributed by atoms with E-state index in [9.17, 15) is 18.0 Å². The fourth-order valence-corrected chi connectivity index (χ4v) is 1.87. The van der Waals surface area contributed by atoms with Crippen LogP contribution < -0.4 is 11.1 Å². The molecule has 0 spiro atoms. The lowest BCUT2D eigenvalue weighted by atomic mass is 9.95. The molecule has 0 aromatic rings. The second-order valence-electron chi connectivity index (χ2n) is 3.84. The molecule has 0 aromatic heterocycles. The summed E-state index contributed by atoms with van der Waals surface area (Å²) in [6.45, 7) is 0. The van der Waals surface area contributed by atoms with Crippen LogP contribution in [0.3, 0.4) is 0 Å². The Morgan fingerprint density at radius 1 is 1.53 bits per heavy atom. The van der Waals surface area contributed by atoms with Crippen molar-refractivity contribution in [3.63, 3.8) is 0 Å². The van der Waals surface area contributed by atoms with Gasteiger partial charge in [-0.05, 0) is 0 Å². The minimum absolute atomic E-state index is 0.175. The quantitative estimate of drug-likeness (QED) is 0.750. The summed E-state index contributed by atoms with van der Waals surface area (Å²) in [6.07, 6.45) is -0.677. The number of aliphatic imine (C=N–C) groups is 1. The third-order valence-corrected chi connectivity index (χ3v) is 2.55. The normalized spacial score (nSPS) is 27.0. The smallest absolute Gasteiger partial charge is 0.369 e. The number of alkyl halides is 3. The van der Waals surface area contributed by atoms with Gasteiger partial charge in [-0.1, -0.05) is 18.2 Å². The molecule has 2 aliphatic rings. The van der Waals surface area contributed by atoms with Gasteiger partial charge in [0.15, 0.2) is 0 Å². The maximum atomic E-state index is 12.7. The molecule has 0 saturated heterocycles. The molecule has 2 rings (SSSR count). The zero-order valence-electron chi connectivity index (χ0n) is 8.66. The molecule has 2 atom stereocenters. The molecular weight excluding hydrogens is 235 g/mol. The van der Waals surface area contributed by atoms with Crippen LogP contribution >= 0.6 is 0 Å². The van der Waals surface area contributed by atoms with E-state index in [1.165, 1.54) is 6.08 Å². The maximum absolute atomic E-state index is 12.7. The average Bonchev–Trinajstić information content (AvgIpc) is 2.55. The van der Waals surface area contributed by atoms with Crippen molar-refractivity contribution in [3.8, 4) is 0 Å². The van der Waals surface area contributed by atoms with Gasteiger partial charge in [-0.25, -0.2) is 0 Å². The van der Waals surface area contributed by atoms with Crippen molar-refractivity contribution in [2.45, 2.75) is 24.7 Å². The van der Waals surface area contributed by atoms with Gasteiger partial charge in [0.05, 0.1) is 18.0 Å². The highest BCUT2D eigenvalue weighted by molar-refractivity contribution is 6.00. The lowest BCUT2D eigenvalue weighted by Gasteiger charge is -2.22. The highest BCUT2D eigenvalue weighted by atomic mass is 19.4. The number of hydrogen-bond acceptors (Lipinski definition) is 3. The van der Waals surface area contributed by atoms with Gasteiger partial charge in [-0.3, -0.25) is 9.79 Å². The molecule has 1 amide bonds. The van der Waals surface area contributed by atoms with E-state index in [-0.39, 0.29) is 12.3 Å². The first-order valence-electron chi connectivity index (χ1n) is 4.95. The van der Waals surface area contributed by atoms with Crippen molar-refractivity contribution in [1.82, 2.24) is 5.32 Å². The Bertz CT molecular complexity index is 437. The zero-order chi connectivity index (χ0) is 12.6. The molecular formula is C10H10F3N3O. The Kier molecular flexibility index (Phi) is 2.68. The van der Waals surface area contributed by atoms with Crippen molar-refractivity contribution in [2.24, 2.45) is 10.7 Å². The summed E-state index contributed by atoms with van der Waals surface area (Å²) in [7, 11) is 0. The first kappa shape index (κ1) is 11.7. The van der Waals surface area contributed by atoms with Gasteiger partial charge >= 0.3 is 6.18 Å². The van der Waals surface area contributed by atoms with E-state index in [0.29, 0.717) is 0 Å². The number of allylic oxidation sites excluding steroid dienone is 2. The molecule has 1 heterocycles. The highest BCUT2D eigenvalue weighted by Crippen LogP contribution is 2.34. The molecule has 7 heteroatoms. The second kappa shape index (κ2) is 3.90. The summed E-state index contributed by atoms with van der Waals surface area (Å²) in [5.74, 6) is -0.425. The molecule has 0 bridgehead atoms. The predicted molar refractivity (Wildman–Crippen MR) is 55.2 cm³/mol. The Hall–Kier alpha value is -1.79. The number of amidine groups is 1. The number of nitrogens with one attached hydrogen (secondary N) is 1. The van der Waals surface area contributed by atoms with Gasteiger partial charge in [0.1, 0.15) is 11.9 Å². The number of carbonyl (C=O) groups excluding carboxylic acids is 1. The lowest BCUT2D eigenvalue weighted by Crippen LogP contribution is -2.39. The summed E-state index contributed by atoms with van der Waals surface area (Å²) in [5.41, 5.74) is 4.26. The monoisotopic (exact) mass is 245 g/mol. The van der Waals surface area contributed by atoms with Gasteiger partial charge in [-0.15, -0.1) is 0 Å². The molecule has 0 aromatic carbocycles. The molecule has 0 fully saturated rings. The van der Waals surface area contributed by atoms with Crippen LogP contribution in [-0.2, 0) is 4.79 Å². The van der Waals surface area contributed by atoms with Crippen molar-refractivity contribution in [1.29, 1.82) is 0 Å². The summed E-state index contributed by atoms with van der Waals surface area (Å²) in [5, 5.41) is 2.75. The second-order valence-corrected chi connectivity index (χ2v) is 3.84. The average molecular weight is 245 g/mol. The minimum Gasteiger partial charge on any atom is -0.369 e. The topological polar surface area (TPSA) is 67.5 Å². The SMILES string of the molecule is NC(=O)CC1=NC2C(C(F)(F)F)=CC=CC2N1. The summed E-state index contributed by atoms with van der Waals surface area (Å²) in [6, 6.07) is -1.57. The van der Waals surface area contributed by atoms with Gasteiger partial charge in [0.2, 0.25) is 5.91 Å². The van der Waals surface area contributed by atoms with E-state index in [1.807, 2.05) is 0 Å². The van der Waals surface area contributed by atoms with Crippen LogP contribution in [0.25, 0.3) is 0 Å². The number of nitrogens with two attached hydrogens (primary N) is 1. The number of hydrogen-bond donors (Lipinski definition) is 2. The molecule has 0 radical (unpaired) electrons. The number of carbonyl (C=O) groups is 1. The van der Waals surface area contributed by atoms with Crippen LogP contribution in [0.15, 0.2) is 28.8 Å². The van der Waals surface area contributed by atoms with Crippen molar-refractivity contribution in [3.05, 3.63) is 23.8 Å². The largest absolute Gasteiger partial charge is 0.414 e. The third-order valence-electron chi connectivity index (χ3n) is 2.55. The van der Waals surface area contributed by atoms with E-state index in [1.54, 1.807) is 6.08 Å². The number of amides is 1. The van der Waals surface area contributed by atoms with Crippen molar-refractivity contribution >= 4 is 11.7 Å². The van der Waals surface area contributed by atoms with Crippen LogP contribution in [0.1, 0.15) is 6.42 Å². The Labute approximate surface area is 95.1 Å². The Balaban J connectivity index is 2.23. The van der Waals surface area contributed by atoms with Crippen molar-refractivity contribution < 1.29 is 18.0 Å². The van der Waals surface area contributed by atoms with Crippen LogP contribution in [0.4, 0.5) is 13.2 Å². The van der Waals surface area contributed by atoms with E-state index >= 15 is 0 Å². The minimum atomic E-state index is -4.42. The number of fused-ring (bicyclic) bond motifs is 1. The zero-order valence-corrected chi connectivity index (χ0v) is 8.66. The van der Waals surface area contributed by atoms with Gasteiger partial charge in [0, 0.05) is 0 Å². The van der Waals surface area contributed by atoms with E-state index in [2.05, 4.69) is 10.3 Å². The number of rotatable bonds is 2. The van der Waals surface area contributed by atoms with Crippen molar-refractivity contribution in [2.75, 3.05) is 0 Å². The van der Waals surface area contributed by atoms with E-state index < -0.39 is 29.7 Å². The highest BCUT2D eigenvalue weighted by Gasteiger charge is 2.44. The van der Waals surface area contributed by atoms with Crippen LogP contribution in [0, 0.1) is 0 Å². The summed E-state index contributed by atoms with van der Waals surface area (Å²) < 4.78 is 38.0. The predicted octanol–water partition coefficient (Wildman–Crippen LogP) is 0.659. The molecule has 1 aliphatic carbocycles. The number of nitrogens with zero attached hydrogens (tertiary/aromatic N) is 1. The molecule has 2 unspecified atom stereocenters. The van der Waals surface area contributed by atoms with Crippen LogP contribution in [0.2, 0.25) is 0 Å². The van der Waals surface area contributed by atoms with Crippen LogP contribution in [0.5, 0.6) is 0 Å². The van der Waals surface area contributed by atoms with Gasteiger partial charge in [-0.2, -0.15) is 13.2 Å². The summed E-state index contributed by atoms with van der Waals surface area (Å²) >= 11 is 0. The molecule has 92 valence electrons. The Morgan fingerprint density at radius 3 is 2.82 bits per heavy atom. The van der Waals surface area contributed by atoms with Crippen LogP contribution in [-0.4, -0.2) is 30.0 Å². The molecule has 1 aliphatic heterocycles. The summed E-state index contributed by atoms with van der Waals surface area (Å²) in [4.78, 5) is 14.5. The molecule has 17 heavy (non-hydrogen) atoms. The first-order valence-corrected chi connectivity index (χ1v) is 4.95. The fourth-order valence-electron chi connectivity index (χ4n) is 1.87. The molecule has 4 nitrogen and oxygen atoms in total. The maximum Gasteiger partial charge on any atom is 0.414 e. The van der Waals surface area contributed by atoms with E-state index in [0.717, 1.165) is 6.08 Å².